The molecule has 0 saturated heterocycles. The number of aliphatic hydroxyl groups is 1. The average Bonchev–Trinajstić information content (AvgIpc) is 2.45. The Morgan fingerprint density at radius 1 is 1.40 bits per heavy atom. The standard InChI is InChI=1S/C15H18N2O3/c1-15(2,9-18)17-14(19)11-6-10-4-5-12(20-3)7-13(10)16-8-11/h4-8,18H,9H2,1-3H3,(H,17,19). The van der Waals surface area contributed by atoms with Gasteiger partial charge >= 0.3 is 0 Å². The second-order valence-electron chi connectivity index (χ2n) is 5.28. The lowest BCUT2D eigenvalue weighted by molar-refractivity contribution is 0.0869. The number of benzene rings is 1. The van der Waals surface area contributed by atoms with Gasteiger partial charge in [-0.1, -0.05) is 0 Å². The molecule has 0 aliphatic carbocycles. The quantitative estimate of drug-likeness (QED) is 0.891. The van der Waals surface area contributed by atoms with E-state index in [1.54, 1.807) is 27.0 Å². The van der Waals surface area contributed by atoms with Crippen molar-refractivity contribution in [1.82, 2.24) is 10.3 Å². The van der Waals surface area contributed by atoms with Gasteiger partial charge in [-0.05, 0) is 32.0 Å². The van der Waals surface area contributed by atoms with Crippen LogP contribution in [0.15, 0.2) is 30.5 Å². The van der Waals surface area contributed by atoms with Crippen molar-refractivity contribution in [2.45, 2.75) is 19.4 Å². The average molecular weight is 274 g/mol. The molecular formula is C15H18N2O3. The van der Waals surface area contributed by atoms with Gasteiger partial charge in [0.05, 0.1) is 30.3 Å². The van der Waals surface area contributed by atoms with Gasteiger partial charge in [-0.15, -0.1) is 0 Å². The zero-order valence-electron chi connectivity index (χ0n) is 11.8. The Kier molecular flexibility index (Phi) is 3.90. The molecule has 0 atom stereocenters. The van der Waals surface area contributed by atoms with Crippen molar-refractivity contribution in [2.75, 3.05) is 13.7 Å². The van der Waals surface area contributed by atoms with Crippen LogP contribution in [0.25, 0.3) is 10.9 Å². The minimum atomic E-state index is -0.661. The van der Waals surface area contributed by atoms with Crippen LogP contribution in [-0.4, -0.2) is 35.3 Å². The number of ether oxygens (including phenoxy) is 1. The van der Waals surface area contributed by atoms with E-state index in [1.165, 1.54) is 6.20 Å². The van der Waals surface area contributed by atoms with Gasteiger partial charge < -0.3 is 15.2 Å². The first-order valence-corrected chi connectivity index (χ1v) is 6.32. The molecule has 5 nitrogen and oxygen atoms in total. The van der Waals surface area contributed by atoms with E-state index in [1.807, 2.05) is 18.2 Å². The summed E-state index contributed by atoms with van der Waals surface area (Å²) >= 11 is 0. The highest BCUT2D eigenvalue weighted by atomic mass is 16.5. The number of rotatable bonds is 4. The Labute approximate surface area is 117 Å². The van der Waals surface area contributed by atoms with Gasteiger partial charge in [0, 0.05) is 17.6 Å². The zero-order valence-corrected chi connectivity index (χ0v) is 11.8. The molecule has 2 rings (SSSR count). The van der Waals surface area contributed by atoms with Gasteiger partial charge in [-0.2, -0.15) is 0 Å². The molecular weight excluding hydrogens is 256 g/mol. The van der Waals surface area contributed by atoms with E-state index in [0.29, 0.717) is 5.56 Å². The molecule has 0 radical (unpaired) electrons. The molecule has 5 heteroatoms. The van der Waals surface area contributed by atoms with Crippen LogP contribution in [-0.2, 0) is 0 Å². The molecule has 0 spiro atoms. The summed E-state index contributed by atoms with van der Waals surface area (Å²) < 4.78 is 5.13. The van der Waals surface area contributed by atoms with Crippen molar-refractivity contribution in [3.63, 3.8) is 0 Å². The monoisotopic (exact) mass is 274 g/mol. The Morgan fingerprint density at radius 2 is 2.15 bits per heavy atom. The first-order chi connectivity index (χ1) is 9.45. The number of hydrogen-bond acceptors (Lipinski definition) is 4. The van der Waals surface area contributed by atoms with Crippen molar-refractivity contribution in [3.8, 4) is 5.75 Å². The molecule has 2 aromatic rings. The number of carbonyl (C=O) groups is 1. The number of fused-ring (bicyclic) bond motifs is 1. The highest BCUT2D eigenvalue weighted by Gasteiger charge is 2.20. The fourth-order valence-corrected chi connectivity index (χ4v) is 1.77. The van der Waals surface area contributed by atoms with E-state index >= 15 is 0 Å². The summed E-state index contributed by atoms with van der Waals surface area (Å²) in [6.45, 7) is 3.38. The van der Waals surface area contributed by atoms with E-state index in [2.05, 4.69) is 10.3 Å². The topological polar surface area (TPSA) is 71.5 Å². The van der Waals surface area contributed by atoms with E-state index in [0.717, 1.165) is 16.7 Å². The normalized spacial score (nSPS) is 11.4. The molecule has 2 N–H and O–H groups in total. The van der Waals surface area contributed by atoms with Crippen LogP contribution in [0.3, 0.4) is 0 Å². The number of nitrogens with zero attached hydrogens (tertiary/aromatic N) is 1. The Balaban J connectivity index is 2.30. The number of methoxy groups -OCH3 is 1. The Hall–Kier alpha value is -2.14. The molecule has 0 aliphatic heterocycles. The number of hydrogen-bond donors (Lipinski definition) is 2. The number of aliphatic hydroxyl groups excluding tert-OH is 1. The molecule has 0 saturated carbocycles. The van der Waals surface area contributed by atoms with Crippen LogP contribution in [0.2, 0.25) is 0 Å². The second kappa shape index (κ2) is 5.46. The molecule has 20 heavy (non-hydrogen) atoms. The fraction of sp³-hybridized carbons (Fsp3) is 0.333. The van der Waals surface area contributed by atoms with Gasteiger partial charge in [0.15, 0.2) is 0 Å². The Morgan fingerprint density at radius 3 is 2.80 bits per heavy atom. The summed E-state index contributed by atoms with van der Waals surface area (Å²) in [5.41, 5.74) is 0.567. The van der Waals surface area contributed by atoms with Crippen LogP contribution in [0, 0.1) is 0 Å². The summed E-state index contributed by atoms with van der Waals surface area (Å²) in [5.74, 6) is 0.470. The Bertz CT molecular complexity index is 638. The third kappa shape index (κ3) is 3.05. The number of nitrogens with one attached hydrogen (secondary N) is 1. The van der Waals surface area contributed by atoms with E-state index in [4.69, 9.17) is 4.74 Å². The number of pyridine rings is 1. The SMILES string of the molecule is COc1ccc2cc(C(=O)NC(C)(C)CO)cnc2c1. The molecule has 106 valence electrons. The first-order valence-electron chi connectivity index (χ1n) is 6.32. The first kappa shape index (κ1) is 14.3. The lowest BCUT2D eigenvalue weighted by Gasteiger charge is -2.23. The van der Waals surface area contributed by atoms with Crippen LogP contribution in [0.1, 0.15) is 24.2 Å². The highest BCUT2D eigenvalue weighted by molar-refractivity contribution is 5.97. The maximum Gasteiger partial charge on any atom is 0.253 e. The molecule has 0 bridgehead atoms. The minimum absolute atomic E-state index is 0.128. The molecule has 1 aromatic carbocycles. The van der Waals surface area contributed by atoms with Crippen molar-refractivity contribution in [3.05, 3.63) is 36.0 Å². The van der Waals surface area contributed by atoms with E-state index < -0.39 is 5.54 Å². The summed E-state index contributed by atoms with van der Waals surface area (Å²) in [7, 11) is 1.60. The highest BCUT2D eigenvalue weighted by Crippen LogP contribution is 2.20. The lowest BCUT2D eigenvalue weighted by atomic mass is 10.1. The predicted molar refractivity (Wildman–Crippen MR) is 76.9 cm³/mol. The van der Waals surface area contributed by atoms with Gasteiger partial charge in [-0.25, -0.2) is 0 Å². The van der Waals surface area contributed by atoms with Crippen LogP contribution in [0.5, 0.6) is 5.75 Å². The van der Waals surface area contributed by atoms with Crippen LogP contribution < -0.4 is 10.1 Å². The zero-order chi connectivity index (χ0) is 14.8. The summed E-state index contributed by atoms with van der Waals surface area (Å²) in [5, 5.41) is 12.8. The molecule has 1 amide bonds. The van der Waals surface area contributed by atoms with Gasteiger partial charge in [-0.3, -0.25) is 9.78 Å². The largest absolute Gasteiger partial charge is 0.497 e. The minimum Gasteiger partial charge on any atom is -0.497 e. The van der Waals surface area contributed by atoms with Crippen LogP contribution >= 0.6 is 0 Å². The van der Waals surface area contributed by atoms with Crippen molar-refractivity contribution < 1.29 is 14.6 Å². The predicted octanol–water partition coefficient (Wildman–Crippen LogP) is 1.74. The van der Waals surface area contributed by atoms with Crippen molar-refractivity contribution in [1.29, 1.82) is 0 Å². The fourth-order valence-electron chi connectivity index (χ4n) is 1.77. The van der Waals surface area contributed by atoms with Crippen LogP contribution in [0.4, 0.5) is 0 Å². The maximum atomic E-state index is 12.1. The smallest absolute Gasteiger partial charge is 0.253 e. The molecule has 0 fully saturated rings. The van der Waals surface area contributed by atoms with Gasteiger partial charge in [0.1, 0.15) is 5.75 Å². The third-order valence-corrected chi connectivity index (χ3v) is 3.00. The van der Waals surface area contributed by atoms with E-state index in [9.17, 15) is 9.90 Å². The van der Waals surface area contributed by atoms with Gasteiger partial charge in [0.2, 0.25) is 0 Å². The summed E-state index contributed by atoms with van der Waals surface area (Å²) in [6, 6.07) is 7.26. The number of aromatic nitrogens is 1. The second-order valence-corrected chi connectivity index (χ2v) is 5.28. The van der Waals surface area contributed by atoms with Gasteiger partial charge in [0.25, 0.3) is 5.91 Å². The molecule has 1 aromatic heterocycles. The molecule has 0 unspecified atom stereocenters. The molecule has 1 heterocycles. The lowest BCUT2D eigenvalue weighted by Crippen LogP contribution is -2.46. The maximum absolute atomic E-state index is 12.1. The summed E-state index contributed by atoms with van der Waals surface area (Å²) in [6.07, 6.45) is 1.52. The summed E-state index contributed by atoms with van der Waals surface area (Å²) in [4.78, 5) is 16.4. The molecule has 0 aliphatic rings. The number of amides is 1. The number of carbonyl (C=O) groups excluding carboxylic acids is 1. The third-order valence-electron chi connectivity index (χ3n) is 3.00. The van der Waals surface area contributed by atoms with Crippen molar-refractivity contribution >= 4 is 16.8 Å². The van der Waals surface area contributed by atoms with Crippen molar-refractivity contribution in [2.24, 2.45) is 0 Å². The van der Waals surface area contributed by atoms with E-state index in [-0.39, 0.29) is 12.5 Å².